The average Bonchev–Trinajstić information content (AvgIpc) is 3.28. The maximum absolute atomic E-state index is 13.1. The number of nitrogens with one attached hydrogen (secondary N) is 2. The molecule has 0 bridgehead atoms. The molecule has 160 valence electrons. The molecule has 0 spiro atoms. The van der Waals surface area contributed by atoms with E-state index in [4.69, 9.17) is 5.10 Å². The first-order chi connectivity index (χ1) is 15.7. The van der Waals surface area contributed by atoms with Crippen molar-refractivity contribution in [3.05, 3.63) is 95.0 Å². The lowest BCUT2D eigenvalue weighted by atomic mass is 10.1. The molecule has 2 N–H and O–H groups in total. The van der Waals surface area contributed by atoms with Gasteiger partial charge in [-0.05, 0) is 54.1 Å². The summed E-state index contributed by atoms with van der Waals surface area (Å²) in [7, 11) is 0. The number of carbonyl (C=O) groups is 2. The number of hydrogen-bond acceptors (Lipinski definition) is 4. The second kappa shape index (κ2) is 8.80. The number of benzene rings is 2. The number of aromatic nitrogens is 2. The molecule has 5 rings (SSSR count). The number of anilines is 1. The van der Waals surface area contributed by atoms with Gasteiger partial charge in [0.05, 0.1) is 17.0 Å². The number of hydrogen-bond donors (Lipinski definition) is 2. The highest BCUT2D eigenvalue weighted by molar-refractivity contribution is 7.13. The van der Waals surface area contributed by atoms with Crippen molar-refractivity contribution in [1.29, 1.82) is 0 Å². The summed E-state index contributed by atoms with van der Waals surface area (Å²) in [5.41, 5.74) is 3.50. The molecule has 1 aliphatic carbocycles. The molecule has 0 aliphatic heterocycles. The van der Waals surface area contributed by atoms with E-state index in [0.717, 1.165) is 23.3 Å². The lowest BCUT2D eigenvalue weighted by Gasteiger charge is -2.07. The molecule has 32 heavy (non-hydrogen) atoms. The van der Waals surface area contributed by atoms with E-state index in [1.165, 1.54) is 0 Å². The van der Waals surface area contributed by atoms with Gasteiger partial charge in [0, 0.05) is 23.5 Å². The minimum atomic E-state index is -0.233. The van der Waals surface area contributed by atoms with Gasteiger partial charge in [0.1, 0.15) is 5.69 Å². The van der Waals surface area contributed by atoms with Crippen molar-refractivity contribution in [2.75, 3.05) is 5.32 Å². The number of nitrogens with zero attached hydrogens (tertiary/aromatic N) is 2. The van der Waals surface area contributed by atoms with Gasteiger partial charge >= 0.3 is 0 Å². The highest BCUT2D eigenvalue weighted by Gasteiger charge is 2.24. The Hall–Kier alpha value is -3.71. The van der Waals surface area contributed by atoms with Crippen LogP contribution in [0, 0.1) is 0 Å². The molecule has 2 aromatic heterocycles. The predicted molar refractivity (Wildman–Crippen MR) is 126 cm³/mol. The zero-order valence-corrected chi connectivity index (χ0v) is 18.1. The van der Waals surface area contributed by atoms with Gasteiger partial charge in [0.15, 0.2) is 0 Å². The third kappa shape index (κ3) is 4.63. The Morgan fingerprint density at radius 2 is 1.75 bits per heavy atom. The van der Waals surface area contributed by atoms with E-state index in [0.29, 0.717) is 35.1 Å². The highest BCUT2D eigenvalue weighted by Crippen LogP contribution is 2.28. The maximum atomic E-state index is 13.1. The molecular weight excluding hydrogens is 420 g/mol. The van der Waals surface area contributed by atoms with E-state index in [-0.39, 0.29) is 11.8 Å². The number of thiophene rings is 1. The quantitative estimate of drug-likeness (QED) is 0.431. The summed E-state index contributed by atoms with van der Waals surface area (Å²) in [5.74, 6) is -0.310. The van der Waals surface area contributed by atoms with Crippen LogP contribution >= 0.6 is 11.3 Å². The first-order valence-electron chi connectivity index (χ1n) is 10.5. The zero-order chi connectivity index (χ0) is 21.9. The summed E-state index contributed by atoms with van der Waals surface area (Å²) in [6.07, 6.45) is 3.88. The van der Waals surface area contributed by atoms with E-state index in [1.807, 2.05) is 47.8 Å². The first-order valence-corrected chi connectivity index (χ1v) is 11.4. The van der Waals surface area contributed by atoms with E-state index in [1.54, 1.807) is 46.5 Å². The molecule has 0 saturated heterocycles. The van der Waals surface area contributed by atoms with Crippen molar-refractivity contribution in [1.82, 2.24) is 15.1 Å². The average molecular weight is 443 g/mol. The summed E-state index contributed by atoms with van der Waals surface area (Å²) in [6, 6.07) is 21.2. The van der Waals surface area contributed by atoms with Crippen molar-refractivity contribution in [3.63, 3.8) is 0 Å². The molecule has 1 aliphatic rings. The highest BCUT2D eigenvalue weighted by atomic mass is 32.1. The smallest absolute Gasteiger partial charge is 0.259 e. The van der Waals surface area contributed by atoms with Crippen LogP contribution in [0.15, 0.2) is 78.3 Å². The van der Waals surface area contributed by atoms with Crippen LogP contribution in [0.5, 0.6) is 0 Å². The second-order valence-corrected chi connectivity index (χ2v) is 8.78. The van der Waals surface area contributed by atoms with Crippen LogP contribution in [-0.4, -0.2) is 27.6 Å². The van der Waals surface area contributed by atoms with E-state index < -0.39 is 0 Å². The second-order valence-electron chi connectivity index (χ2n) is 7.83. The normalized spacial score (nSPS) is 13.0. The van der Waals surface area contributed by atoms with Crippen LogP contribution in [0.4, 0.5) is 5.69 Å². The van der Waals surface area contributed by atoms with Crippen molar-refractivity contribution >= 4 is 28.8 Å². The van der Waals surface area contributed by atoms with Crippen LogP contribution in [-0.2, 0) is 6.54 Å². The summed E-state index contributed by atoms with van der Waals surface area (Å²) in [6.45, 7) is 0.581. The van der Waals surface area contributed by atoms with Gasteiger partial charge in [-0.1, -0.05) is 36.4 Å². The van der Waals surface area contributed by atoms with E-state index in [9.17, 15) is 9.59 Å². The fourth-order valence-electron chi connectivity index (χ4n) is 3.43. The third-order valence-electron chi connectivity index (χ3n) is 5.27. The zero-order valence-electron chi connectivity index (χ0n) is 17.3. The Morgan fingerprint density at radius 3 is 2.44 bits per heavy atom. The molecule has 7 heteroatoms. The predicted octanol–water partition coefficient (Wildman–Crippen LogP) is 4.80. The number of rotatable bonds is 7. The number of amides is 2. The molecule has 2 heterocycles. The summed E-state index contributed by atoms with van der Waals surface area (Å²) < 4.78 is 1.80. The molecule has 0 atom stereocenters. The summed E-state index contributed by atoms with van der Waals surface area (Å²) in [5, 5.41) is 12.6. The summed E-state index contributed by atoms with van der Waals surface area (Å²) >= 11 is 1.55. The fraction of sp³-hybridized carbons (Fsp3) is 0.160. The molecular formula is C25H22N4O2S. The van der Waals surface area contributed by atoms with E-state index in [2.05, 4.69) is 10.6 Å². The van der Waals surface area contributed by atoms with Gasteiger partial charge in [-0.2, -0.15) is 5.10 Å². The van der Waals surface area contributed by atoms with Gasteiger partial charge in [-0.15, -0.1) is 11.3 Å². The Labute approximate surface area is 189 Å². The molecule has 0 radical (unpaired) electrons. The molecule has 6 nitrogen and oxygen atoms in total. The Bertz CT molecular complexity index is 1230. The van der Waals surface area contributed by atoms with E-state index >= 15 is 0 Å². The Morgan fingerprint density at radius 1 is 0.969 bits per heavy atom. The van der Waals surface area contributed by atoms with Crippen molar-refractivity contribution < 1.29 is 9.59 Å². The third-order valence-corrected chi connectivity index (χ3v) is 6.14. The van der Waals surface area contributed by atoms with Crippen LogP contribution in [0.2, 0.25) is 0 Å². The van der Waals surface area contributed by atoms with Gasteiger partial charge in [-0.3, -0.25) is 14.3 Å². The molecule has 0 unspecified atom stereocenters. The number of carbonyl (C=O) groups excluding carboxylic acids is 2. The van der Waals surface area contributed by atoms with Gasteiger partial charge < -0.3 is 10.6 Å². The maximum Gasteiger partial charge on any atom is 0.259 e. The minimum absolute atomic E-state index is 0.0763. The summed E-state index contributed by atoms with van der Waals surface area (Å²) in [4.78, 5) is 26.2. The van der Waals surface area contributed by atoms with Crippen molar-refractivity contribution in [3.8, 4) is 10.6 Å². The van der Waals surface area contributed by atoms with Gasteiger partial charge in [0.25, 0.3) is 11.8 Å². The Balaban J connectivity index is 1.35. The largest absolute Gasteiger partial charge is 0.349 e. The standard InChI is InChI=1S/C25H22N4O2S/c30-24(26-20-12-13-20)18-8-10-19(11-9-18)27-25(31)21-16-29(15-17-5-2-1-3-6-17)28-23(21)22-7-4-14-32-22/h1-11,14,16,20H,12-13,15H2,(H,26,30)(H,27,31). The SMILES string of the molecule is O=C(NC1CC1)c1ccc(NC(=O)c2cn(Cc3ccccc3)nc2-c2cccs2)cc1. The lowest BCUT2D eigenvalue weighted by molar-refractivity contribution is 0.0950. The fourth-order valence-corrected chi connectivity index (χ4v) is 4.16. The van der Waals surface area contributed by atoms with Crippen molar-refractivity contribution in [2.45, 2.75) is 25.4 Å². The van der Waals surface area contributed by atoms with Crippen LogP contribution in [0.1, 0.15) is 39.1 Å². The molecule has 1 saturated carbocycles. The molecule has 4 aromatic rings. The van der Waals surface area contributed by atoms with Crippen molar-refractivity contribution in [2.24, 2.45) is 0 Å². The van der Waals surface area contributed by atoms with Gasteiger partial charge in [0.2, 0.25) is 0 Å². The lowest BCUT2D eigenvalue weighted by Crippen LogP contribution is -2.25. The first kappa shape index (κ1) is 20.2. The monoisotopic (exact) mass is 442 g/mol. The van der Waals surface area contributed by atoms with Crippen LogP contribution in [0.25, 0.3) is 10.6 Å². The topological polar surface area (TPSA) is 76.0 Å². The van der Waals surface area contributed by atoms with Crippen LogP contribution < -0.4 is 10.6 Å². The van der Waals surface area contributed by atoms with Gasteiger partial charge in [-0.25, -0.2) is 0 Å². The minimum Gasteiger partial charge on any atom is -0.349 e. The Kier molecular flexibility index (Phi) is 5.56. The molecule has 2 aromatic carbocycles. The van der Waals surface area contributed by atoms with Crippen LogP contribution in [0.3, 0.4) is 0 Å². The molecule has 1 fully saturated rings. The molecule has 2 amide bonds.